The molecular weight excluding hydrogens is 198 g/mol. The van der Waals surface area contributed by atoms with Gasteiger partial charge in [-0.25, -0.2) is 4.98 Å². The molecule has 0 radical (unpaired) electrons. The molecule has 3 nitrogen and oxygen atoms in total. The average molecular weight is 210 g/mol. The second-order valence-electron chi connectivity index (χ2n) is 3.14. The molecule has 0 aliphatic carbocycles. The van der Waals surface area contributed by atoms with Gasteiger partial charge in [0.25, 0.3) is 0 Å². The fourth-order valence-electron chi connectivity index (χ4n) is 1.45. The third-order valence-electron chi connectivity index (χ3n) is 2.06. The van der Waals surface area contributed by atoms with E-state index in [4.69, 9.17) is 11.5 Å². The Kier molecular flexibility index (Phi) is 2.81. The monoisotopic (exact) mass is 209 g/mol. The van der Waals surface area contributed by atoms with Crippen LogP contribution in [0.2, 0.25) is 0 Å². The number of anilines is 2. The van der Waals surface area contributed by atoms with Crippen LogP contribution < -0.4 is 11.5 Å². The summed E-state index contributed by atoms with van der Waals surface area (Å²) in [7, 11) is 0. The first-order chi connectivity index (χ1) is 6.16. The number of benzene rings is 1. The van der Waals surface area contributed by atoms with Gasteiger partial charge in [0, 0.05) is 11.1 Å². The molecule has 0 bridgehead atoms. The van der Waals surface area contributed by atoms with Crippen molar-refractivity contribution < 1.29 is 0 Å². The van der Waals surface area contributed by atoms with Gasteiger partial charge < -0.3 is 11.5 Å². The molecule has 0 amide bonds. The molecule has 1 aromatic heterocycles. The van der Waals surface area contributed by atoms with Crippen molar-refractivity contribution in [3.8, 4) is 0 Å². The fraction of sp³-hybridized carbons (Fsp3) is 0.100. The van der Waals surface area contributed by atoms with Crippen molar-refractivity contribution in [3.63, 3.8) is 0 Å². The molecule has 4 heteroatoms. The highest BCUT2D eigenvalue weighted by molar-refractivity contribution is 5.86. The summed E-state index contributed by atoms with van der Waals surface area (Å²) in [5.74, 6) is 0.538. The van der Waals surface area contributed by atoms with Crippen LogP contribution in [-0.2, 0) is 0 Å². The quantitative estimate of drug-likeness (QED) is 0.654. The van der Waals surface area contributed by atoms with Crippen LogP contribution in [0.4, 0.5) is 11.5 Å². The minimum Gasteiger partial charge on any atom is -0.399 e. The van der Waals surface area contributed by atoms with Gasteiger partial charge in [0.2, 0.25) is 0 Å². The van der Waals surface area contributed by atoms with E-state index in [0.717, 1.165) is 16.5 Å². The summed E-state index contributed by atoms with van der Waals surface area (Å²) in [6.45, 7) is 2.01. The first-order valence-electron chi connectivity index (χ1n) is 4.09. The summed E-state index contributed by atoms with van der Waals surface area (Å²) in [4.78, 5) is 4.20. The Balaban J connectivity index is 0.000000980. The number of hydrogen-bond donors (Lipinski definition) is 2. The number of aromatic nitrogens is 1. The molecule has 1 heterocycles. The van der Waals surface area contributed by atoms with Gasteiger partial charge in [-0.1, -0.05) is 6.07 Å². The topological polar surface area (TPSA) is 64.9 Å². The maximum Gasteiger partial charge on any atom is 0.124 e. The van der Waals surface area contributed by atoms with Gasteiger partial charge in [0.05, 0.1) is 5.52 Å². The highest BCUT2D eigenvalue weighted by Crippen LogP contribution is 2.20. The molecule has 0 saturated heterocycles. The minimum atomic E-state index is 0. The van der Waals surface area contributed by atoms with E-state index in [1.54, 1.807) is 0 Å². The number of fused-ring (bicyclic) bond motifs is 1. The molecule has 0 saturated carbocycles. The summed E-state index contributed by atoms with van der Waals surface area (Å²) < 4.78 is 0. The Morgan fingerprint density at radius 2 is 1.86 bits per heavy atom. The van der Waals surface area contributed by atoms with Crippen molar-refractivity contribution in [2.45, 2.75) is 6.92 Å². The van der Waals surface area contributed by atoms with E-state index in [1.165, 1.54) is 0 Å². The molecule has 0 fully saturated rings. The number of rotatable bonds is 0. The van der Waals surface area contributed by atoms with E-state index < -0.39 is 0 Å². The third-order valence-corrected chi connectivity index (χ3v) is 2.06. The molecule has 4 N–H and O–H groups in total. The Labute approximate surface area is 88.5 Å². The zero-order chi connectivity index (χ0) is 9.42. The number of nitrogen functional groups attached to an aromatic ring is 2. The van der Waals surface area contributed by atoms with Gasteiger partial charge >= 0.3 is 0 Å². The second kappa shape index (κ2) is 3.72. The van der Waals surface area contributed by atoms with Gasteiger partial charge in [-0.2, -0.15) is 0 Å². The predicted octanol–water partition coefficient (Wildman–Crippen LogP) is 2.13. The molecule has 0 spiro atoms. The van der Waals surface area contributed by atoms with Crippen molar-refractivity contribution in [2.75, 3.05) is 11.5 Å². The van der Waals surface area contributed by atoms with Crippen molar-refractivity contribution in [1.82, 2.24) is 4.98 Å². The minimum absolute atomic E-state index is 0. The van der Waals surface area contributed by atoms with Crippen LogP contribution in [0, 0.1) is 6.92 Å². The highest BCUT2D eigenvalue weighted by Gasteiger charge is 2.00. The van der Waals surface area contributed by atoms with E-state index in [9.17, 15) is 0 Å². The summed E-state index contributed by atoms with van der Waals surface area (Å²) in [5.41, 5.74) is 14.0. The SMILES string of the molecule is Cc1cc(N)nc2cc(N)ccc12.Cl. The lowest BCUT2D eigenvalue weighted by Gasteiger charge is -2.03. The van der Waals surface area contributed by atoms with E-state index in [2.05, 4.69) is 4.98 Å². The van der Waals surface area contributed by atoms with E-state index >= 15 is 0 Å². The molecule has 74 valence electrons. The lowest BCUT2D eigenvalue weighted by Crippen LogP contribution is -1.93. The van der Waals surface area contributed by atoms with E-state index in [-0.39, 0.29) is 12.4 Å². The molecule has 0 atom stereocenters. The van der Waals surface area contributed by atoms with E-state index in [0.29, 0.717) is 11.5 Å². The average Bonchev–Trinajstić information content (AvgIpc) is 2.02. The Bertz CT molecular complexity index is 463. The van der Waals surface area contributed by atoms with Crippen molar-refractivity contribution in [2.24, 2.45) is 0 Å². The van der Waals surface area contributed by atoms with Crippen molar-refractivity contribution >= 4 is 34.8 Å². The van der Waals surface area contributed by atoms with Crippen LogP contribution in [0.1, 0.15) is 5.56 Å². The van der Waals surface area contributed by atoms with Crippen LogP contribution >= 0.6 is 12.4 Å². The van der Waals surface area contributed by atoms with Crippen LogP contribution in [0.5, 0.6) is 0 Å². The number of nitrogens with zero attached hydrogens (tertiary/aromatic N) is 1. The van der Waals surface area contributed by atoms with E-state index in [1.807, 2.05) is 31.2 Å². The number of hydrogen-bond acceptors (Lipinski definition) is 3. The lowest BCUT2D eigenvalue weighted by molar-refractivity contribution is 1.37. The maximum atomic E-state index is 5.64. The molecular formula is C10H12ClN3. The smallest absolute Gasteiger partial charge is 0.124 e. The zero-order valence-electron chi connectivity index (χ0n) is 7.82. The van der Waals surface area contributed by atoms with Gasteiger partial charge in [0.1, 0.15) is 5.82 Å². The summed E-state index contributed by atoms with van der Waals surface area (Å²) in [6.07, 6.45) is 0. The molecule has 14 heavy (non-hydrogen) atoms. The summed E-state index contributed by atoms with van der Waals surface area (Å²) in [5, 5.41) is 1.10. The lowest BCUT2D eigenvalue weighted by atomic mass is 10.1. The Hall–Kier alpha value is -1.48. The molecule has 0 unspecified atom stereocenters. The first kappa shape index (κ1) is 10.6. The van der Waals surface area contributed by atoms with Gasteiger partial charge in [-0.05, 0) is 30.7 Å². The molecule has 0 aliphatic rings. The Morgan fingerprint density at radius 3 is 2.57 bits per heavy atom. The standard InChI is InChI=1S/C10H11N3.ClH/c1-6-4-10(12)13-9-5-7(11)2-3-8(6)9;/h2-5H,11H2,1H3,(H2,12,13);1H. The van der Waals surface area contributed by atoms with Gasteiger partial charge in [0.15, 0.2) is 0 Å². The van der Waals surface area contributed by atoms with Crippen molar-refractivity contribution in [1.29, 1.82) is 0 Å². The van der Waals surface area contributed by atoms with Crippen LogP contribution in [0.15, 0.2) is 24.3 Å². The van der Waals surface area contributed by atoms with Gasteiger partial charge in [-0.15, -0.1) is 12.4 Å². The number of aryl methyl sites for hydroxylation is 1. The van der Waals surface area contributed by atoms with Gasteiger partial charge in [-0.3, -0.25) is 0 Å². The highest BCUT2D eigenvalue weighted by atomic mass is 35.5. The van der Waals surface area contributed by atoms with Crippen LogP contribution in [0.3, 0.4) is 0 Å². The molecule has 2 rings (SSSR count). The molecule has 1 aromatic carbocycles. The maximum absolute atomic E-state index is 5.64. The first-order valence-corrected chi connectivity index (χ1v) is 4.09. The van der Waals surface area contributed by atoms with Crippen molar-refractivity contribution in [3.05, 3.63) is 29.8 Å². The fourth-order valence-corrected chi connectivity index (χ4v) is 1.45. The largest absolute Gasteiger partial charge is 0.399 e. The van der Waals surface area contributed by atoms with Crippen LogP contribution in [0.25, 0.3) is 10.9 Å². The summed E-state index contributed by atoms with van der Waals surface area (Å²) in [6, 6.07) is 7.52. The second-order valence-corrected chi connectivity index (χ2v) is 3.14. The van der Waals surface area contributed by atoms with Crippen LogP contribution in [-0.4, -0.2) is 4.98 Å². The molecule has 2 aromatic rings. The Morgan fingerprint density at radius 1 is 1.14 bits per heavy atom. The number of nitrogens with two attached hydrogens (primary N) is 2. The predicted molar refractivity (Wildman–Crippen MR) is 62.6 cm³/mol. The molecule has 0 aliphatic heterocycles. The number of pyridine rings is 1. The third kappa shape index (κ3) is 1.72. The normalized spacial score (nSPS) is 9.79. The zero-order valence-corrected chi connectivity index (χ0v) is 8.64. The summed E-state index contributed by atoms with van der Waals surface area (Å²) >= 11 is 0. The number of halogens is 1.